The third-order valence-electron chi connectivity index (χ3n) is 4.16. The molecule has 0 bridgehead atoms. The zero-order valence-electron chi connectivity index (χ0n) is 14.7. The molecule has 0 saturated heterocycles. The van der Waals surface area contributed by atoms with Gasteiger partial charge in [-0.1, -0.05) is 55.5 Å². The van der Waals surface area contributed by atoms with Crippen LogP contribution in [0.5, 0.6) is 5.75 Å². The van der Waals surface area contributed by atoms with Crippen LogP contribution < -0.4 is 4.74 Å². The molecule has 0 aliphatic heterocycles. The van der Waals surface area contributed by atoms with Crippen LogP contribution in [0, 0.1) is 0 Å². The van der Waals surface area contributed by atoms with Crippen molar-refractivity contribution >= 4 is 6.08 Å². The zero-order chi connectivity index (χ0) is 17.3. The van der Waals surface area contributed by atoms with Crippen molar-refractivity contribution in [3.63, 3.8) is 0 Å². The molecule has 2 aromatic rings. The molecule has 3 heteroatoms. The van der Waals surface area contributed by atoms with Gasteiger partial charge in [0.25, 0.3) is 0 Å². The maximum absolute atomic E-state index is 5.85. The lowest BCUT2D eigenvalue weighted by molar-refractivity contribution is -0.0720. The highest BCUT2D eigenvalue weighted by atomic mass is 16.5. The molecule has 0 heterocycles. The number of hydrogen-bond donors (Lipinski definition) is 0. The number of hydrogen-bond acceptors (Lipinski definition) is 3. The van der Waals surface area contributed by atoms with Gasteiger partial charge < -0.3 is 14.2 Å². The summed E-state index contributed by atoms with van der Waals surface area (Å²) in [5.74, 6) is 0.830. The number of methoxy groups -OCH3 is 2. The predicted octanol–water partition coefficient (Wildman–Crippen LogP) is 4.68. The first-order chi connectivity index (χ1) is 11.7. The van der Waals surface area contributed by atoms with Gasteiger partial charge in [-0.15, -0.1) is 0 Å². The summed E-state index contributed by atoms with van der Waals surface area (Å²) < 4.78 is 17.0. The van der Waals surface area contributed by atoms with Gasteiger partial charge in [-0.2, -0.15) is 0 Å². The highest BCUT2D eigenvalue weighted by Gasteiger charge is 2.30. The first-order valence-electron chi connectivity index (χ1n) is 8.23. The molecule has 0 spiro atoms. The minimum atomic E-state index is -0.437. The molecule has 1 atom stereocenters. The molecule has 0 amide bonds. The van der Waals surface area contributed by atoms with Crippen molar-refractivity contribution in [1.29, 1.82) is 0 Å². The smallest absolute Gasteiger partial charge is 0.120 e. The van der Waals surface area contributed by atoms with Crippen LogP contribution in [0.15, 0.2) is 60.7 Å². The maximum Gasteiger partial charge on any atom is 0.120 e. The van der Waals surface area contributed by atoms with E-state index in [1.807, 2.05) is 42.5 Å². The third-order valence-corrected chi connectivity index (χ3v) is 4.16. The third kappa shape index (κ3) is 4.70. The molecule has 3 nitrogen and oxygen atoms in total. The van der Waals surface area contributed by atoms with E-state index in [9.17, 15) is 0 Å². The minimum absolute atomic E-state index is 0.437. The lowest BCUT2D eigenvalue weighted by Gasteiger charge is -2.31. The standard InChI is InChI=1S/C21H26O3/c1-4-21(23-3,17-22-2)19-13-8-14-20(16-19)24-15-9-12-18-10-6-5-7-11-18/h5-14,16H,4,15,17H2,1-3H3/b12-9+. The van der Waals surface area contributed by atoms with Crippen molar-refractivity contribution in [2.45, 2.75) is 18.9 Å². The Hall–Kier alpha value is -2.10. The number of benzene rings is 2. The molecular weight excluding hydrogens is 300 g/mol. The van der Waals surface area contributed by atoms with Gasteiger partial charge >= 0.3 is 0 Å². The van der Waals surface area contributed by atoms with Crippen LogP contribution >= 0.6 is 0 Å². The summed E-state index contributed by atoms with van der Waals surface area (Å²) in [6.45, 7) is 3.13. The van der Waals surface area contributed by atoms with Crippen molar-refractivity contribution in [1.82, 2.24) is 0 Å². The molecule has 0 aliphatic carbocycles. The van der Waals surface area contributed by atoms with Crippen LogP contribution in [0.25, 0.3) is 6.08 Å². The van der Waals surface area contributed by atoms with Gasteiger partial charge in [0, 0.05) is 14.2 Å². The Labute approximate surface area is 144 Å². The summed E-state index contributed by atoms with van der Waals surface area (Å²) in [5, 5.41) is 0. The van der Waals surface area contributed by atoms with E-state index < -0.39 is 5.60 Å². The SMILES string of the molecule is CCC(COC)(OC)c1cccc(OC/C=C/c2ccccc2)c1. The topological polar surface area (TPSA) is 27.7 Å². The van der Waals surface area contributed by atoms with E-state index in [4.69, 9.17) is 14.2 Å². The molecule has 0 radical (unpaired) electrons. The Morgan fingerprint density at radius 2 is 1.79 bits per heavy atom. The summed E-state index contributed by atoms with van der Waals surface area (Å²) in [6.07, 6.45) is 4.90. The van der Waals surface area contributed by atoms with E-state index in [2.05, 4.69) is 31.2 Å². The lowest BCUT2D eigenvalue weighted by atomic mass is 9.91. The van der Waals surface area contributed by atoms with Gasteiger partial charge in [-0.05, 0) is 35.8 Å². The van der Waals surface area contributed by atoms with Crippen LogP contribution in [0.1, 0.15) is 24.5 Å². The highest BCUT2D eigenvalue weighted by molar-refractivity contribution is 5.48. The van der Waals surface area contributed by atoms with E-state index in [1.165, 1.54) is 5.56 Å². The molecule has 1 unspecified atom stereocenters. The zero-order valence-corrected chi connectivity index (χ0v) is 14.7. The summed E-state index contributed by atoms with van der Waals surface area (Å²) in [5.41, 5.74) is 1.80. The van der Waals surface area contributed by atoms with E-state index in [0.29, 0.717) is 13.2 Å². The van der Waals surface area contributed by atoms with E-state index in [1.54, 1.807) is 14.2 Å². The normalized spacial score (nSPS) is 13.8. The van der Waals surface area contributed by atoms with Gasteiger partial charge in [0.05, 0.1) is 6.61 Å². The molecule has 0 N–H and O–H groups in total. The first kappa shape index (κ1) is 18.2. The van der Waals surface area contributed by atoms with Crippen molar-refractivity contribution in [2.24, 2.45) is 0 Å². The van der Waals surface area contributed by atoms with Gasteiger partial charge in [-0.3, -0.25) is 0 Å². The maximum atomic E-state index is 5.85. The fourth-order valence-corrected chi connectivity index (χ4v) is 2.71. The van der Waals surface area contributed by atoms with Crippen molar-refractivity contribution in [3.05, 3.63) is 71.8 Å². The minimum Gasteiger partial charge on any atom is -0.490 e. The molecule has 24 heavy (non-hydrogen) atoms. The van der Waals surface area contributed by atoms with Gasteiger partial charge in [0.2, 0.25) is 0 Å². The fraction of sp³-hybridized carbons (Fsp3) is 0.333. The Kier molecular flexibility index (Phi) is 7.04. The van der Waals surface area contributed by atoms with Crippen LogP contribution in [-0.4, -0.2) is 27.4 Å². The van der Waals surface area contributed by atoms with Crippen LogP contribution in [-0.2, 0) is 15.1 Å². The molecular formula is C21H26O3. The Morgan fingerprint density at radius 1 is 1.00 bits per heavy atom. The summed E-state index contributed by atoms with van der Waals surface area (Å²) in [6, 6.07) is 18.2. The van der Waals surface area contributed by atoms with Gasteiger partial charge in [0.1, 0.15) is 18.0 Å². The van der Waals surface area contributed by atoms with Crippen molar-refractivity contribution in [2.75, 3.05) is 27.4 Å². The van der Waals surface area contributed by atoms with Gasteiger partial charge in [-0.25, -0.2) is 0 Å². The fourth-order valence-electron chi connectivity index (χ4n) is 2.71. The summed E-state index contributed by atoms with van der Waals surface area (Å²) >= 11 is 0. The second-order valence-electron chi connectivity index (χ2n) is 5.64. The average Bonchev–Trinajstić information content (AvgIpc) is 2.64. The molecule has 128 valence electrons. The van der Waals surface area contributed by atoms with Crippen LogP contribution in [0.4, 0.5) is 0 Å². The quantitative estimate of drug-likeness (QED) is 0.670. The molecule has 0 saturated carbocycles. The van der Waals surface area contributed by atoms with Crippen molar-refractivity contribution < 1.29 is 14.2 Å². The second-order valence-corrected chi connectivity index (χ2v) is 5.64. The summed E-state index contributed by atoms with van der Waals surface area (Å²) in [4.78, 5) is 0. The van der Waals surface area contributed by atoms with E-state index in [-0.39, 0.29) is 0 Å². The molecule has 2 rings (SSSR count). The van der Waals surface area contributed by atoms with Gasteiger partial charge in [0.15, 0.2) is 0 Å². The molecule has 0 aromatic heterocycles. The van der Waals surface area contributed by atoms with Crippen LogP contribution in [0.2, 0.25) is 0 Å². The molecule has 0 fully saturated rings. The Balaban J connectivity index is 2.03. The summed E-state index contributed by atoms with van der Waals surface area (Å²) in [7, 11) is 3.41. The number of rotatable bonds is 9. The second kappa shape index (κ2) is 9.26. The largest absolute Gasteiger partial charge is 0.490 e. The lowest BCUT2D eigenvalue weighted by Crippen LogP contribution is -2.33. The highest BCUT2D eigenvalue weighted by Crippen LogP contribution is 2.31. The number of ether oxygens (including phenoxy) is 3. The van der Waals surface area contributed by atoms with E-state index in [0.717, 1.165) is 17.7 Å². The monoisotopic (exact) mass is 326 g/mol. The Morgan fingerprint density at radius 3 is 2.46 bits per heavy atom. The van der Waals surface area contributed by atoms with E-state index >= 15 is 0 Å². The molecule has 2 aromatic carbocycles. The average molecular weight is 326 g/mol. The first-order valence-corrected chi connectivity index (χ1v) is 8.23. The molecule has 0 aliphatic rings. The Bertz CT molecular complexity index is 631. The van der Waals surface area contributed by atoms with Crippen LogP contribution in [0.3, 0.4) is 0 Å². The predicted molar refractivity (Wildman–Crippen MR) is 98.3 cm³/mol. The van der Waals surface area contributed by atoms with Crippen molar-refractivity contribution in [3.8, 4) is 5.75 Å².